The molecule has 0 spiro atoms. The highest BCUT2D eigenvalue weighted by molar-refractivity contribution is 7.84. The monoisotopic (exact) mass is 441 g/mol. The lowest BCUT2D eigenvalue weighted by Crippen LogP contribution is -2.41. The fraction of sp³-hybridized carbons (Fsp3) is 0.320. The maximum atomic E-state index is 14.0. The second kappa shape index (κ2) is 9.71. The Morgan fingerprint density at radius 3 is 2.42 bits per heavy atom. The minimum Gasteiger partial charge on any atom is -0.394 e. The molecule has 31 heavy (non-hydrogen) atoms. The van der Waals surface area contributed by atoms with Gasteiger partial charge in [-0.3, -0.25) is 9.00 Å². The minimum absolute atomic E-state index is 0.105. The van der Waals surface area contributed by atoms with Crippen molar-refractivity contribution in [2.75, 3.05) is 12.9 Å². The first kappa shape index (κ1) is 23.1. The number of nitrogens with one attached hydrogen (secondary N) is 1. The number of carbonyl (C=O) groups excluding carboxylic acids is 1. The lowest BCUT2D eigenvalue weighted by Gasteiger charge is -2.20. The van der Waals surface area contributed by atoms with Crippen molar-refractivity contribution < 1.29 is 18.5 Å². The van der Waals surface area contributed by atoms with Crippen molar-refractivity contribution in [3.63, 3.8) is 0 Å². The van der Waals surface area contributed by atoms with Crippen LogP contribution in [-0.4, -0.2) is 34.1 Å². The Balaban J connectivity index is 1.97. The number of allylic oxidation sites excluding steroid dienone is 2. The molecule has 2 aromatic rings. The number of rotatable bonds is 7. The molecule has 0 radical (unpaired) electrons. The first-order valence-electron chi connectivity index (χ1n) is 10.3. The Morgan fingerprint density at radius 1 is 1.16 bits per heavy atom. The van der Waals surface area contributed by atoms with Gasteiger partial charge in [0, 0.05) is 22.0 Å². The van der Waals surface area contributed by atoms with E-state index in [-0.39, 0.29) is 36.7 Å². The second-order valence-electron chi connectivity index (χ2n) is 8.15. The lowest BCUT2D eigenvalue weighted by atomic mass is 10.0. The van der Waals surface area contributed by atoms with Crippen molar-refractivity contribution in [3.8, 4) is 0 Å². The molecular weight excluding hydrogens is 413 g/mol. The predicted octanol–water partition coefficient (Wildman–Crippen LogP) is 4.41. The van der Waals surface area contributed by atoms with Gasteiger partial charge in [0.2, 0.25) is 5.91 Å². The van der Waals surface area contributed by atoms with Gasteiger partial charge in [-0.15, -0.1) is 0 Å². The summed E-state index contributed by atoms with van der Waals surface area (Å²) in [5.41, 5.74) is 5.17. The summed E-state index contributed by atoms with van der Waals surface area (Å²) in [7, 11) is -1.04. The minimum atomic E-state index is -1.04. The largest absolute Gasteiger partial charge is 0.394 e. The van der Waals surface area contributed by atoms with Gasteiger partial charge in [0.15, 0.2) is 0 Å². The third kappa shape index (κ3) is 5.20. The van der Waals surface area contributed by atoms with E-state index < -0.39 is 10.8 Å². The summed E-state index contributed by atoms with van der Waals surface area (Å²) in [4.78, 5) is 13.4. The van der Waals surface area contributed by atoms with Gasteiger partial charge in [-0.1, -0.05) is 32.0 Å². The Bertz CT molecular complexity index is 1070. The number of hydrogen-bond acceptors (Lipinski definition) is 3. The summed E-state index contributed by atoms with van der Waals surface area (Å²) in [6, 6.07) is 11.8. The average molecular weight is 442 g/mol. The highest BCUT2D eigenvalue weighted by atomic mass is 32.2. The molecule has 1 aliphatic carbocycles. The van der Waals surface area contributed by atoms with Crippen molar-refractivity contribution in [3.05, 3.63) is 70.5 Å². The van der Waals surface area contributed by atoms with E-state index in [2.05, 4.69) is 5.32 Å². The summed E-state index contributed by atoms with van der Waals surface area (Å²) in [6.45, 7) is 5.68. The van der Waals surface area contributed by atoms with E-state index in [9.17, 15) is 18.5 Å². The van der Waals surface area contributed by atoms with Crippen LogP contribution >= 0.6 is 0 Å². The molecule has 1 aliphatic rings. The van der Waals surface area contributed by atoms with Crippen LogP contribution in [0.3, 0.4) is 0 Å². The van der Waals surface area contributed by atoms with Gasteiger partial charge >= 0.3 is 0 Å². The molecule has 2 N–H and O–H groups in total. The van der Waals surface area contributed by atoms with Gasteiger partial charge in [0.1, 0.15) is 5.82 Å². The highest BCUT2D eigenvalue weighted by Crippen LogP contribution is 2.43. The molecule has 0 aromatic heterocycles. The second-order valence-corrected chi connectivity index (χ2v) is 9.53. The van der Waals surface area contributed by atoms with Crippen LogP contribution in [-0.2, 0) is 15.6 Å². The topological polar surface area (TPSA) is 66.4 Å². The molecule has 0 heterocycles. The van der Waals surface area contributed by atoms with Crippen LogP contribution in [0.1, 0.15) is 43.9 Å². The van der Waals surface area contributed by atoms with Gasteiger partial charge in [-0.05, 0) is 76.6 Å². The van der Waals surface area contributed by atoms with Crippen LogP contribution in [0.15, 0.2) is 52.9 Å². The summed E-state index contributed by atoms with van der Waals surface area (Å²) >= 11 is 0. The first-order chi connectivity index (χ1) is 14.7. The maximum Gasteiger partial charge on any atom is 0.224 e. The van der Waals surface area contributed by atoms with E-state index in [1.165, 1.54) is 12.1 Å². The number of hydrogen-bond donors (Lipinski definition) is 2. The molecule has 0 saturated heterocycles. The number of halogens is 1. The molecule has 4 nitrogen and oxygen atoms in total. The van der Waals surface area contributed by atoms with Crippen LogP contribution in [0.25, 0.3) is 17.2 Å². The summed E-state index contributed by atoms with van der Waals surface area (Å²) in [5, 5.41) is 12.4. The third-order valence-electron chi connectivity index (χ3n) is 5.66. The number of fused-ring (bicyclic) bond motifs is 1. The third-order valence-corrected chi connectivity index (χ3v) is 6.60. The van der Waals surface area contributed by atoms with E-state index in [0.717, 1.165) is 38.3 Å². The average Bonchev–Trinajstić information content (AvgIpc) is 2.97. The van der Waals surface area contributed by atoms with Crippen LogP contribution in [0, 0.1) is 11.7 Å². The Hall–Kier alpha value is -2.57. The van der Waals surface area contributed by atoms with Crippen molar-refractivity contribution in [2.24, 2.45) is 5.92 Å². The summed E-state index contributed by atoms with van der Waals surface area (Å²) in [5.74, 6) is -0.447. The van der Waals surface area contributed by atoms with Crippen LogP contribution < -0.4 is 5.32 Å². The van der Waals surface area contributed by atoms with Crippen LogP contribution in [0.5, 0.6) is 0 Å². The molecule has 0 bridgehead atoms. The lowest BCUT2D eigenvalue weighted by molar-refractivity contribution is -0.121. The highest BCUT2D eigenvalue weighted by Gasteiger charge is 2.26. The first-order valence-corrected chi connectivity index (χ1v) is 11.8. The zero-order valence-electron chi connectivity index (χ0n) is 18.2. The molecule has 164 valence electrons. The fourth-order valence-electron chi connectivity index (χ4n) is 3.75. The van der Waals surface area contributed by atoms with Crippen molar-refractivity contribution in [1.82, 2.24) is 5.32 Å². The summed E-state index contributed by atoms with van der Waals surface area (Å²) < 4.78 is 25.7. The normalized spacial score (nSPS) is 16.5. The molecule has 0 fully saturated rings. The zero-order chi connectivity index (χ0) is 22.7. The fourth-order valence-corrected chi connectivity index (χ4v) is 4.26. The Morgan fingerprint density at radius 2 is 1.84 bits per heavy atom. The van der Waals surface area contributed by atoms with Gasteiger partial charge in [-0.25, -0.2) is 4.39 Å². The quantitative estimate of drug-likeness (QED) is 0.669. The zero-order valence-corrected chi connectivity index (χ0v) is 19.1. The number of benzene rings is 2. The number of aliphatic hydroxyl groups is 1. The van der Waals surface area contributed by atoms with E-state index in [4.69, 9.17) is 0 Å². The summed E-state index contributed by atoms with van der Waals surface area (Å²) in [6.07, 6.45) is 3.75. The molecule has 6 heteroatoms. The van der Waals surface area contributed by atoms with Gasteiger partial charge in [-0.2, -0.15) is 0 Å². The van der Waals surface area contributed by atoms with Crippen LogP contribution in [0.4, 0.5) is 4.39 Å². The van der Waals surface area contributed by atoms with Gasteiger partial charge < -0.3 is 10.4 Å². The smallest absolute Gasteiger partial charge is 0.224 e. The number of amides is 1. The van der Waals surface area contributed by atoms with E-state index in [1.807, 2.05) is 51.1 Å². The van der Waals surface area contributed by atoms with Crippen LogP contribution in [0.2, 0.25) is 0 Å². The molecule has 2 aromatic carbocycles. The predicted molar refractivity (Wildman–Crippen MR) is 124 cm³/mol. The Kier molecular flexibility index (Phi) is 7.23. The van der Waals surface area contributed by atoms with E-state index in [0.29, 0.717) is 0 Å². The SMILES string of the molecule is CC1=C(CC(=O)NC(CO)C(C)C)c2cc(F)ccc2C1=Cc1ccc(S(C)=O)cc1. The van der Waals surface area contributed by atoms with Crippen molar-refractivity contribution in [2.45, 2.75) is 38.1 Å². The molecule has 2 atom stereocenters. The maximum absolute atomic E-state index is 14.0. The molecular formula is C25H28FNO3S. The van der Waals surface area contributed by atoms with E-state index in [1.54, 1.807) is 12.3 Å². The molecule has 2 unspecified atom stereocenters. The standard InChI is InChI=1S/C25H28FNO3S/c1-15(2)24(14-28)27-25(29)13-22-16(3)21(20-10-7-18(26)12-23(20)22)11-17-5-8-19(9-6-17)31(4)30/h5-12,15,24,28H,13-14H2,1-4H3,(H,27,29). The molecule has 1 amide bonds. The number of aliphatic hydroxyl groups excluding tert-OH is 1. The van der Waals surface area contributed by atoms with Crippen molar-refractivity contribution >= 4 is 33.9 Å². The molecule has 0 saturated carbocycles. The molecule has 0 aliphatic heterocycles. The van der Waals surface area contributed by atoms with Gasteiger partial charge in [0.25, 0.3) is 0 Å². The Labute approximate surface area is 185 Å². The van der Waals surface area contributed by atoms with Crippen molar-refractivity contribution in [1.29, 1.82) is 0 Å². The molecule has 3 rings (SSSR count). The van der Waals surface area contributed by atoms with E-state index >= 15 is 0 Å². The number of carbonyl (C=O) groups is 1. The van der Waals surface area contributed by atoms with Gasteiger partial charge in [0.05, 0.1) is 19.1 Å².